The van der Waals surface area contributed by atoms with E-state index in [1.165, 1.54) is 6.20 Å². The average molecular weight is 402 g/mol. The van der Waals surface area contributed by atoms with Crippen LogP contribution < -0.4 is 11.2 Å². The molecule has 1 aromatic carbocycles. The van der Waals surface area contributed by atoms with Crippen LogP contribution in [0.1, 0.15) is 49.8 Å². The average Bonchev–Trinajstić information content (AvgIpc) is 2.95. The maximum absolute atomic E-state index is 12.9. The van der Waals surface area contributed by atoms with Gasteiger partial charge in [0.15, 0.2) is 0 Å². The van der Waals surface area contributed by atoms with Crippen LogP contribution in [0.4, 0.5) is 0 Å². The topological polar surface area (TPSA) is 111 Å². The van der Waals surface area contributed by atoms with Gasteiger partial charge in [0.25, 0.3) is 11.5 Å². The van der Waals surface area contributed by atoms with E-state index >= 15 is 0 Å². The van der Waals surface area contributed by atoms with E-state index in [2.05, 4.69) is 0 Å². The molecule has 1 aliphatic rings. The summed E-state index contributed by atoms with van der Waals surface area (Å²) in [6, 6.07) is 7.88. The molecule has 29 heavy (non-hydrogen) atoms. The maximum Gasteiger partial charge on any atom is 0.340 e. The summed E-state index contributed by atoms with van der Waals surface area (Å²) in [7, 11) is 0. The molecule has 8 heteroatoms. The van der Waals surface area contributed by atoms with Gasteiger partial charge in [-0.05, 0) is 23.1 Å². The Balaban J connectivity index is 2.01. The lowest BCUT2D eigenvalue weighted by molar-refractivity contribution is -0.0480. The molecule has 8 nitrogen and oxygen atoms in total. The van der Waals surface area contributed by atoms with Crippen molar-refractivity contribution in [2.75, 3.05) is 6.61 Å². The van der Waals surface area contributed by atoms with Gasteiger partial charge >= 0.3 is 5.69 Å². The van der Waals surface area contributed by atoms with Crippen molar-refractivity contribution in [1.29, 1.82) is 0 Å². The highest BCUT2D eigenvalue weighted by Gasteiger charge is 2.42. The summed E-state index contributed by atoms with van der Waals surface area (Å²) in [6.07, 6.45) is -1.48. The van der Waals surface area contributed by atoms with Gasteiger partial charge in [-0.25, -0.2) is 4.79 Å². The summed E-state index contributed by atoms with van der Waals surface area (Å²) in [5.41, 5.74) is -0.475. The van der Waals surface area contributed by atoms with Crippen molar-refractivity contribution < 1.29 is 19.7 Å². The molecule has 2 N–H and O–H groups in total. The number of rotatable bonds is 3. The minimum atomic E-state index is -0.974. The lowest BCUT2D eigenvalue weighted by atomic mass is 9.87. The Morgan fingerprint density at radius 2 is 1.76 bits per heavy atom. The Hall–Kier alpha value is -2.55. The lowest BCUT2D eigenvalue weighted by Crippen LogP contribution is -2.45. The van der Waals surface area contributed by atoms with Crippen LogP contribution in [0.2, 0.25) is 0 Å². The fourth-order valence-electron chi connectivity index (χ4n) is 3.48. The summed E-state index contributed by atoms with van der Waals surface area (Å²) >= 11 is 0. The molecule has 1 aromatic heterocycles. The van der Waals surface area contributed by atoms with Crippen LogP contribution in [0.5, 0.6) is 0 Å². The fraction of sp³-hybridized carbons (Fsp3) is 0.476. The normalized spacial score (nSPS) is 24.6. The Morgan fingerprint density at radius 1 is 1.14 bits per heavy atom. The zero-order chi connectivity index (χ0) is 21.5. The van der Waals surface area contributed by atoms with Crippen LogP contribution in [0.3, 0.4) is 0 Å². The first kappa shape index (κ1) is 21.2. The summed E-state index contributed by atoms with van der Waals surface area (Å²) in [4.78, 5) is 38.2. The van der Waals surface area contributed by atoms with Crippen molar-refractivity contribution in [2.45, 2.75) is 51.5 Å². The zero-order valence-electron chi connectivity index (χ0n) is 16.9. The first-order chi connectivity index (χ1) is 13.6. The zero-order valence-corrected chi connectivity index (χ0v) is 16.9. The first-order valence-electron chi connectivity index (χ1n) is 9.50. The second-order valence-corrected chi connectivity index (χ2v) is 8.41. The van der Waals surface area contributed by atoms with Crippen molar-refractivity contribution >= 4 is 5.91 Å². The van der Waals surface area contributed by atoms with Gasteiger partial charge in [0.05, 0.1) is 12.7 Å². The molecule has 2 aromatic rings. The molecule has 2 heterocycles. The van der Waals surface area contributed by atoms with Crippen molar-refractivity contribution in [3.63, 3.8) is 0 Å². The first-order valence-corrected chi connectivity index (χ1v) is 9.50. The van der Waals surface area contributed by atoms with Gasteiger partial charge in [-0.2, -0.15) is 4.57 Å². The molecular weight excluding hydrogens is 376 g/mol. The maximum atomic E-state index is 12.9. The van der Waals surface area contributed by atoms with Crippen molar-refractivity contribution in [2.24, 2.45) is 5.92 Å². The molecule has 0 spiro atoms. The number of aliphatic hydroxyl groups excluding tert-OH is 2. The van der Waals surface area contributed by atoms with Gasteiger partial charge in [-0.15, -0.1) is 0 Å². The second kappa shape index (κ2) is 7.70. The van der Waals surface area contributed by atoms with Crippen LogP contribution in [-0.2, 0) is 10.2 Å². The van der Waals surface area contributed by atoms with Gasteiger partial charge in [0.2, 0.25) is 0 Å². The van der Waals surface area contributed by atoms with Gasteiger partial charge in [-0.3, -0.25) is 14.2 Å². The molecule has 156 valence electrons. The van der Waals surface area contributed by atoms with E-state index in [1.807, 2.05) is 20.8 Å². The Bertz CT molecular complexity index is 1020. The fourth-order valence-corrected chi connectivity index (χ4v) is 3.48. The number of hydrogen-bond acceptors (Lipinski definition) is 6. The van der Waals surface area contributed by atoms with E-state index in [-0.39, 0.29) is 11.0 Å². The second-order valence-electron chi connectivity index (χ2n) is 8.41. The Labute approximate surface area is 168 Å². The SMILES string of the molecule is C[C@H]1[C@H](O)[C@@H](CO)O[C@H]1n1ccc(=O)n(C(=O)c2ccc(C(C)(C)C)cc2)c1=O. The van der Waals surface area contributed by atoms with E-state index in [0.717, 1.165) is 16.2 Å². The van der Waals surface area contributed by atoms with Crippen LogP contribution in [-0.4, -0.2) is 44.1 Å². The minimum absolute atomic E-state index is 0.0993. The van der Waals surface area contributed by atoms with Crippen molar-refractivity contribution in [3.8, 4) is 0 Å². The molecule has 3 rings (SSSR count). The van der Waals surface area contributed by atoms with E-state index in [1.54, 1.807) is 31.2 Å². The molecule has 0 aliphatic carbocycles. The number of hydrogen-bond donors (Lipinski definition) is 2. The summed E-state index contributed by atoms with van der Waals surface area (Å²) < 4.78 is 7.23. The molecular formula is C21H26N2O6. The van der Waals surface area contributed by atoms with Crippen LogP contribution in [0, 0.1) is 5.92 Å². The quantitative estimate of drug-likeness (QED) is 0.789. The number of benzene rings is 1. The lowest BCUT2D eigenvalue weighted by Gasteiger charge is -2.20. The molecule has 0 saturated carbocycles. The Morgan fingerprint density at radius 3 is 2.28 bits per heavy atom. The molecule has 0 amide bonds. The number of aromatic nitrogens is 2. The largest absolute Gasteiger partial charge is 0.394 e. The van der Waals surface area contributed by atoms with E-state index in [0.29, 0.717) is 4.57 Å². The van der Waals surface area contributed by atoms with Crippen molar-refractivity contribution in [3.05, 3.63) is 68.5 Å². The van der Waals surface area contributed by atoms with Crippen molar-refractivity contribution in [1.82, 2.24) is 9.13 Å². The highest BCUT2D eigenvalue weighted by atomic mass is 16.5. The molecule has 0 bridgehead atoms. The Kier molecular flexibility index (Phi) is 5.62. The molecule has 1 saturated heterocycles. The summed E-state index contributed by atoms with van der Waals surface area (Å²) in [5.74, 6) is -1.25. The van der Waals surface area contributed by atoms with E-state index in [9.17, 15) is 24.6 Å². The highest BCUT2D eigenvalue weighted by Crippen LogP contribution is 2.33. The number of ether oxygens (including phenoxy) is 1. The molecule has 1 fully saturated rings. The number of carbonyl (C=O) groups is 1. The monoisotopic (exact) mass is 402 g/mol. The van der Waals surface area contributed by atoms with Crippen LogP contribution >= 0.6 is 0 Å². The van der Waals surface area contributed by atoms with Gasteiger partial charge in [0.1, 0.15) is 12.3 Å². The third-order valence-electron chi connectivity index (χ3n) is 5.35. The predicted octanol–water partition coefficient (Wildman–Crippen LogP) is 0.883. The standard InChI is InChI=1S/C21H26N2O6/c1-12-17(26)15(11-24)29-19(12)22-10-9-16(25)23(20(22)28)18(27)13-5-7-14(8-6-13)21(2,3)4/h5-10,12,15,17,19,24,26H,11H2,1-4H3/t12-,15+,17-,19+/m0/s1. The number of carbonyl (C=O) groups excluding carboxylic acids is 1. The van der Waals surface area contributed by atoms with E-state index in [4.69, 9.17) is 4.74 Å². The molecule has 4 atom stereocenters. The third-order valence-corrected chi connectivity index (χ3v) is 5.35. The van der Waals surface area contributed by atoms with Gasteiger partial charge in [0, 0.05) is 23.7 Å². The highest BCUT2D eigenvalue weighted by molar-refractivity contribution is 5.95. The smallest absolute Gasteiger partial charge is 0.340 e. The number of nitrogens with zero attached hydrogens (tertiary/aromatic N) is 2. The molecule has 1 aliphatic heterocycles. The third kappa shape index (κ3) is 3.83. The van der Waals surface area contributed by atoms with Gasteiger partial charge < -0.3 is 14.9 Å². The summed E-state index contributed by atoms with van der Waals surface area (Å²) in [5, 5.41) is 19.5. The molecule has 0 unspecified atom stereocenters. The van der Waals surface area contributed by atoms with Crippen LogP contribution in [0.25, 0.3) is 0 Å². The molecule has 0 radical (unpaired) electrons. The predicted molar refractivity (Wildman–Crippen MR) is 106 cm³/mol. The number of aliphatic hydroxyl groups is 2. The van der Waals surface area contributed by atoms with Gasteiger partial charge in [-0.1, -0.05) is 39.8 Å². The van der Waals surface area contributed by atoms with E-state index < -0.39 is 48.1 Å². The minimum Gasteiger partial charge on any atom is -0.394 e. The summed E-state index contributed by atoms with van der Waals surface area (Å²) in [6.45, 7) is 7.39. The van der Waals surface area contributed by atoms with Crippen LogP contribution in [0.15, 0.2) is 46.1 Å².